The molecule has 0 aromatic heterocycles. The summed E-state index contributed by atoms with van der Waals surface area (Å²) in [4.78, 5) is 4.53. The van der Waals surface area contributed by atoms with Crippen molar-refractivity contribution in [2.24, 2.45) is 4.99 Å². The minimum absolute atomic E-state index is 0.220. The average Bonchev–Trinajstić information content (AvgIpc) is 2.24. The fourth-order valence-electron chi connectivity index (χ4n) is 1.53. The number of nitrogens with zero attached hydrogens (tertiary/aromatic N) is 1. The minimum Gasteiger partial charge on any atom is -0.360 e. The van der Waals surface area contributed by atoms with Crippen molar-refractivity contribution < 1.29 is 4.21 Å². The van der Waals surface area contributed by atoms with Gasteiger partial charge in [-0.3, -0.25) is 9.20 Å². The fraction of sp³-hybridized carbons (Fsp3) is 0.909. The molecule has 1 saturated heterocycles. The molecule has 1 rings (SSSR count). The molecule has 1 heterocycles. The molecule has 0 radical (unpaired) electrons. The van der Waals surface area contributed by atoms with E-state index < -0.39 is 10.8 Å². The van der Waals surface area contributed by atoms with E-state index in [0.29, 0.717) is 0 Å². The molecule has 0 spiro atoms. The van der Waals surface area contributed by atoms with E-state index in [4.69, 9.17) is 0 Å². The molecule has 0 amide bonds. The molecule has 16 heavy (non-hydrogen) atoms. The number of amidine groups is 1. The SMILES string of the molecule is CCC1(C)CCSC(=NCCCS(C)=O)N1. The molecular formula is C11H22N2OS2. The molecule has 1 aliphatic heterocycles. The van der Waals surface area contributed by atoms with E-state index in [1.54, 1.807) is 18.0 Å². The maximum absolute atomic E-state index is 10.9. The van der Waals surface area contributed by atoms with Gasteiger partial charge in [-0.25, -0.2) is 0 Å². The van der Waals surface area contributed by atoms with Crippen molar-refractivity contribution in [3.63, 3.8) is 0 Å². The largest absolute Gasteiger partial charge is 0.360 e. The first-order valence-electron chi connectivity index (χ1n) is 5.81. The van der Waals surface area contributed by atoms with E-state index in [-0.39, 0.29) is 5.54 Å². The Bertz CT molecular complexity index is 281. The lowest BCUT2D eigenvalue weighted by Gasteiger charge is -2.35. The summed E-state index contributed by atoms with van der Waals surface area (Å²) >= 11 is 1.80. The van der Waals surface area contributed by atoms with Gasteiger partial charge in [0.2, 0.25) is 0 Å². The number of hydrogen-bond acceptors (Lipinski definition) is 3. The number of hydrogen-bond donors (Lipinski definition) is 1. The molecule has 0 bridgehead atoms. The molecule has 0 aromatic carbocycles. The van der Waals surface area contributed by atoms with E-state index in [0.717, 1.165) is 36.1 Å². The van der Waals surface area contributed by atoms with Crippen molar-refractivity contribution in [3.05, 3.63) is 0 Å². The molecule has 2 unspecified atom stereocenters. The van der Waals surface area contributed by atoms with E-state index in [1.165, 1.54) is 6.42 Å². The molecule has 3 nitrogen and oxygen atoms in total. The maximum atomic E-state index is 10.9. The fourth-order valence-corrected chi connectivity index (χ4v) is 3.31. The number of thioether (sulfide) groups is 1. The summed E-state index contributed by atoms with van der Waals surface area (Å²) in [5, 5.41) is 4.57. The number of aliphatic imine (C=N–C) groups is 1. The van der Waals surface area contributed by atoms with Crippen molar-refractivity contribution in [1.82, 2.24) is 5.32 Å². The Labute approximate surface area is 105 Å². The van der Waals surface area contributed by atoms with Crippen LogP contribution >= 0.6 is 11.8 Å². The van der Waals surface area contributed by atoms with Gasteiger partial charge in [0.15, 0.2) is 5.17 Å². The highest BCUT2D eigenvalue weighted by Gasteiger charge is 2.27. The Balaban J connectivity index is 2.35. The highest BCUT2D eigenvalue weighted by atomic mass is 32.2. The third kappa shape index (κ3) is 4.87. The number of rotatable bonds is 5. The van der Waals surface area contributed by atoms with Gasteiger partial charge < -0.3 is 5.32 Å². The smallest absolute Gasteiger partial charge is 0.156 e. The topological polar surface area (TPSA) is 41.5 Å². The molecule has 0 aromatic rings. The molecule has 94 valence electrons. The molecule has 2 atom stereocenters. The van der Waals surface area contributed by atoms with E-state index >= 15 is 0 Å². The highest BCUT2D eigenvalue weighted by Crippen LogP contribution is 2.24. The van der Waals surface area contributed by atoms with Crippen LogP contribution < -0.4 is 5.32 Å². The zero-order valence-corrected chi connectivity index (χ0v) is 12.0. The van der Waals surface area contributed by atoms with Gasteiger partial charge >= 0.3 is 0 Å². The van der Waals surface area contributed by atoms with Crippen molar-refractivity contribution in [2.45, 2.75) is 38.6 Å². The quantitative estimate of drug-likeness (QED) is 0.771. The van der Waals surface area contributed by atoms with E-state index in [2.05, 4.69) is 24.2 Å². The minimum atomic E-state index is -0.685. The zero-order chi connectivity index (χ0) is 12.0. The molecule has 0 saturated carbocycles. The van der Waals surface area contributed by atoms with Gasteiger partial charge in [0.05, 0.1) is 0 Å². The lowest BCUT2D eigenvalue weighted by atomic mass is 9.96. The predicted octanol–water partition coefficient (Wildman–Crippen LogP) is 2.01. The van der Waals surface area contributed by atoms with Crippen LogP contribution in [0, 0.1) is 0 Å². The van der Waals surface area contributed by atoms with Crippen LogP contribution in [0.15, 0.2) is 4.99 Å². The van der Waals surface area contributed by atoms with Crippen molar-refractivity contribution in [3.8, 4) is 0 Å². The Hall–Kier alpha value is -0.0300. The van der Waals surface area contributed by atoms with Gasteiger partial charge in [-0.2, -0.15) is 0 Å². The van der Waals surface area contributed by atoms with Crippen LogP contribution in [0.25, 0.3) is 0 Å². The van der Waals surface area contributed by atoms with Crippen LogP contribution in [0.5, 0.6) is 0 Å². The monoisotopic (exact) mass is 262 g/mol. The number of nitrogens with one attached hydrogen (secondary N) is 1. The lowest BCUT2D eigenvalue weighted by Crippen LogP contribution is -2.48. The Morgan fingerprint density at radius 1 is 1.62 bits per heavy atom. The predicted molar refractivity (Wildman–Crippen MR) is 74.8 cm³/mol. The maximum Gasteiger partial charge on any atom is 0.156 e. The molecule has 5 heteroatoms. The lowest BCUT2D eigenvalue weighted by molar-refractivity contribution is 0.390. The summed E-state index contributed by atoms with van der Waals surface area (Å²) < 4.78 is 10.9. The van der Waals surface area contributed by atoms with Gasteiger partial charge in [-0.1, -0.05) is 18.7 Å². The van der Waals surface area contributed by atoms with E-state index in [1.807, 2.05) is 0 Å². The van der Waals surface area contributed by atoms with Gasteiger partial charge in [-0.05, 0) is 26.2 Å². The second-order valence-corrected chi connectivity index (χ2v) is 7.09. The Morgan fingerprint density at radius 3 is 3.00 bits per heavy atom. The first-order valence-corrected chi connectivity index (χ1v) is 8.52. The Morgan fingerprint density at radius 2 is 2.38 bits per heavy atom. The zero-order valence-electron chi connectivity index (χ0n) is 10.4. The molecular weight excluding hydrogens is 240 g/mol. The van der Waals surface area contributed by atoms with Crippen LogP contribution in [0.4, 0.5) is 0 Å². The third-order valence-corrected chi connectivity index (χ3v) is 4.70. The molecule has 1 aliphatic rings. The standard InChI is InChI=1S/C11H22N2OS2/c1-4-11(2)6-8-15-10(13-11)12-7-5-9-16(3)14/h4-9H2,1-3H3,(H,12,13). The van der Waals surface area contributed by atoms with Crippen molar-refractivity contribution in [1.29, 1.82) is 0 Å². The van der Waals surface area contributed by atoms with Gasteiger partial charge in [-0.15, -0.1) is 0 Å². The third-order valence-electron chi connectivity index (χ3n) is 2.93. The van der Waals surface area contributed by atoms with Crippen molar-refractivity contribution in [2.75, 3.05) is 24.3 Å². The first-order chi connectivity index (χ1) is 7.56. The van der Waals surface area contributed by atoms with Crippen LogP contribution in [-0.2, 0) is 10.8 Å². The normalized spacial score (nSPS) is 30.1. The summed E-state index contributed by atoms with van der Waals surface area (Å²) in [5.41, 5.74) is 0.220. The van der Waals surface area contributed by atoms with Crippen LogP contribution in [0.3, 0.4) is 0 Å². The molecule has 0 aliphatic carbocycles. The average molecular weight is 262 g/mol. The summed E-state index contributed by atoms with van der Waals surface area (Å²) in [5.74, 6) is 1.91. The summed E-state index contributed by atoms with van der Waals surface area (Å²) in [7, 11) is -0.685. The van der Waals surface area contributed by atoms with Crippen LogP contribution in [0.1, 0.15) is 33.1 Å². The second-order valence-electron chi connectivity index (χ2n) is 4.46. The summed E-state index contributed by atoms with van der Waals surface area (Å²) in [6, 6.07) is 0. The summed E-state index contributed by atoms with van der Waals surface area (Å²) in [6.45, 7) is 5.25. The first kappa shape index (κ1) is 14.0. The molecule has 1 fully saturated rings. The van der Waals surface area contributed by atoms with Crippen LogP contribution in [0.2, 0.25) is 0 Å². The molecule has 1 N–H and O–H groups in total. The van der Waals surface area contributed by atoms with Gasteiger partial charge in [0, 0.05) is 40.6 Å². The summed E-state index contributed by atoms with van der Waals surface area (Å²) in [6.07, 6.45) is 4.99. The van der Waals surface area contributed by atoms with Gasteiger partial charge in [0.1, 0.15) is 0 Å². The Kier molecular flexibility index (Phi) is 5.83. The second kappa shape index (κ2) is 6.64. The van der Waals surface area contributed by atoms with Crippen LogP contribution in [-0.4, -0.2) is 39.2 Å². The highest BCUT2D eigenvalue weighted by molar-refractivity contribution is 8.13. The van der Waals surface area contributed by atoms with Gasteiger partial charge in [0.25, 0.3) is 0 Å². The van der Waals surface area contributed by atoms with E-state index in [9.17, 15) is 4.21 Å². The van der Waals surface area contributed by atoms with Crippen molar-refractivity contribution >= 4 is 27.7 Å².